The van der Waals surface area contributed by atoms with E-state index in [1.807, 2.05) is 30.3 Å². The minimum absolute atomic E-state index is 0.0475. The minimum atomic E-state index is -0.386. The lowest BCUT2D eigenvalue weighted by molar-refractivity contribution is -0.121. The van der Waals surface area contributed by atoms with E-state index in [9.17, 15) is 9.18 Å². The Hall–Kier alpha value is -3.22. The molecule has 1 amide bonds. The second-order valence-corrected chi connectivity index (χ2v) is 6.21. The molecule has 0 bridgehead atoms. The molecule has 6 nitrogen and oxygen atoms in total. The molecule has 1 N–H and O–H groups in total. The van der Waals surface area contributed by atoms with Crippen LogP contribution in [0.25, 0.3) is 11.4 Å². The van der Waals surface area contributed by atoms with Gasteiger partial charge in [-0.2, -0.15) is 4.98 Å². The van der Waals surface area contributed by atoms with Crippen LogP contribution in [0, 0.1) is 5.82 Å². The maximum absolute atomic E-state index is 13.4. The fraction of sp³-hybridized carbons (Fsp3) is 0.286. The van der Waals surface area contributed by atoms with Crippen molar-refractivity contribution in [2.75, 3.05) is 13.2 Å². The molecular formula is C21H22FN3O3. The third-order valence-corrected chi connectivity index (χ3v) is 4.03. The van der Waals surface area contributed by atoms with Gasteiger partial charge in [0.15, 0.2) is 11.6 Å². The summed E-state index contributed by atoms with van der Waals surface area (Å²) in [6.07, 6.45) is 2.14. The zero-order chi connectivity index (χ0) is 19.6. The molecule has 3 rings (SSSR count). The number of amides is 1. The van der Waals surface area contributed by atoms with Gasteiger partial charge in [-0.15, -0.1) is 0 Å². The number of carbonyl (C=O) groups excluding carboxylic acids is 1. The molecule has 146 valence electrons. The molecule has 28 heavy (non-hydrogen) atoms. The Kier molecular flexibility index (Phi) is 7.12. The van der Waals surface area contributed by atoms with E-state index < -0.39 is 0 Å². The van der Waals surface area contributed by atoms with E-state index in [0.717, 1.165) is 5.56 Å². The first-order valence-corrected chi connectivity index (χ1v) is 9.24. The Morgan fingerprint density at radius 2 is 1.86 bits per heavy atom. The average molecular weight is 383 g/mol. The first-order valence-electron chi connectivity index (χ1n) is 9.24. The molecule has 1 heterocycles. The van der Waals surface area contributed by atoms with Gasteiger partial charge in [0.05, 0.1) is 6.61 Å². The molecule has 1 aromatic heterocycles. The summed E-state index contributed by atoms with van der Waals surface area (Å²) in [6.45, 7) is 0.817. The highest BCUT2D eigenvalue weighted by Gasteiger charge is 2.09. The zero-order valence-electron chi connectivity index (χ0n) is 15.4. The standard InChI is InChI=1S/C21H22FN3O3/c22-17-10-4-5-11-18(17)27-15-7-14-23-19(26)12-6-13-20-24-21(25-28-20)16-8-2-1-3-9-16/h1-5,8-11H,6-7,12-15H2,(H,23,26). The number of hydrogen-bond donors (Lipinski definition) is 1. The molecule has 0 atom stereocenters. The number of rotatable bonds is 10. The van der Waals surface area contributed by atoms with Gasteiger partial charge in [0.2, 0.25) is 17.6 Å². The molecule has 0 saturated heterocycles. The zero-order valence-corrected chi connectivity index (χ0v) is 15.4. The number of nitrogens with one attached hydrogen (secondary N) is 1. The summed E-state index contributed by atoms with van der Waals surface area (Å²) in [5.74, 6) is 0.861. The summed E-state index contributed by atoms with van der Waals surface area (Å²) in [5.41, 5.74) is 0.896. The van der Waals surface area contributed by atoms with Gasteiger partial charge in [-0.3, -0.25) is 4.79 Å². The van der Waals surface area contributed by atoms with Crippen LogP contribution in [-0.2, 0) is 11.2 Å². The predicted octanol–water partition coefficient (Wildman–Crippen LogP) is 3.78. The van der Waals surface area contributed by atoms with Crippen molar-refractivity contribution in [2.24, 2.45) is 0 Å². The summed E-state index contributed by atoms with van der Waals surface area (Å²) in [6, 6.07) is 15.8. The first-order chi connectivity index (χ1) is 13.7. The highest BCUT2D eigenvalue weighted by molar-refractivity contribution is 5.75. The van der Waals surface area contributed by atoms with Crippen LogP contribution in [0.1, 0.15) is 25.2 Å². The third-order valence-electron chi connectivity index (χ3n) is 4.03. The lowest BCUT2D eigenvalue weighted by atomic mass is 10.2. The Bertz CT molecular complexity index is 883. The Morgan fingerprint density at radius 1 is 1.07 bits per heavy atom. The van der Waals surface area contributed by atoms with Gasteiger partial charge in [0.1, 0.15) is 0 Å². The number of hydrogen-bond acceptors (Lipinski definition) is 5. The van der Waals surface area contributed by atoms with Gasteiger partial charge < -0.3 is 14.6 Å². The number of halogens is 1. The molecule has 0 spiro atoms. The maximum Gasteiger partial charge on any atom is 0.226 e. The average Bonchev–Trinajstić information content (AvgIpc) is 3.19. The van der Waals surface area contributed by atoms with Gasteiger partial charge in [-0.25, -0.2) is 4.39 Å². The molecule has 2 aromatic carbocycles. The van der Waals surface area contributed by atoms with Gasteiger partial charge in [-0.05, 0) is 25.0 Å². The molecule has 0 aliphatic carbocycles. The fourth-order valence-corrected chi connectivity index (χ4v) is 2.59. The van der Waals surface area contributed by atoms with Crippen molar-refractivity contribution < 1.29 is 18.4 Å². The number of aromatic nitrogens is 2. The van der Waals surface area contributed by atoms with Gasteiger partial charge in [0.25, 0.3) is 0 Å². The molecule has 0 unspecified atom stereocenters. The Morgan fingerprint density at radius 3 is 2.68 bits per heavy atom. The van der Waals surface area contributed by atoms with E-state index in [2.05, 4.69) is 15.5 Å². The summed E-state index contributed by atoms with van der Waals surface area (Å²) >= 11 is 0. The summed E-state index contributed by atoms with van der Waals surface area (Å²) in [4.78, 5) is 16.2. The largest absolute Gasteiger partial charge is 0.490 e. The van der Waals surface area contributed by atoms with Gasteiger partial charge in [0, 0.05) is 24.9 Å². The molecule has 0 aliphatic rings. The van der Waals surface area contributed by atoms with E-state index in [1.54, 1.807) is 18.2 Å². The van der Waals surface area contributed by atoms with Crippen molar-refractivity contribution in [3.63, 3.8) is 0 Å². The van der Waals surface area contributed by atoms with E-state index in [4.69, 9.17) is 9.26 Å². The predicted molar refractivity (Wildman–Crippen MR) is 102 cm³/mol. The van der Waals surface area contributed by atoms with Crippen LogP contribution < -0.4 is 10.1 Å². The van der Waals surface area contributed by atoms with Crippen LogP contribution in [0.2, 0.25) is 0 Å². The lowest BCUT2D eigenvalue weighted by Crippen LogP contribution is -2.25. The number of benzene rings is 2. The van der Waals surface area contributed by atoms with Crippen molar-refractivity contribution in [2.45, 2.75) is 25.7 Å². The van der Waals surface area contributed by atoms with E-state index in [0.29, 0.717) is 50.6 Å². The summed E-state index contributed by atoms with van der Waals surface area (Å²) in [5, 5.41) is 6.78. The second kappa shape index (κ2) is 10.2. The highest BCUT2D eigenvalue weighted by atomic mass is 19.1. The molecule has 0 radical (unpaired) electrons. The van der Waals surface area contributed by atoms with Crippen molar-refractivity contribution in [1.82, 2.24) is 15.5 Å². The number of aryl methyl sites for hydroxylation is 1. The quantitative estimate of drug-likeness (QED) is 0.539. The topological polar surface area (TPSA) is 77.2 Å². The van der Waals surface area contributed by atoms with E-state index in [-0.39, 0.29) is 17.5 Å². The fourth-order valence-electron chi connectivity index (χ4n) is 2.59. The number of ether oxygens (including phenoxy) is 1. The second-order valence-electron chi connectivity index (χ2n) is 6.21. The minimum Gasteiger partial charge on any atom is -0.490 e. The normalized spacial score (nSPS) is 10.6. The van der Waals surface area contributed by atoms with Crippen LogP contribution >= 0.6 is 0 Å². The van der Waals surface area contributed by atoms with Crippen LogP contribution in [0.4, 0.5) is 4.39 Å². The maximum atomic E-state index is 13.4. The van der Waals surface area contributed by atoms with Crippen molar-refractivity contribution in [3.05, 3.63) is 66.3 Å². The van der Waals surface area contributed by atoms with E-state index in [1.165, 1.54) is 6.07 Å². The molecular weight excluding hydrogens is 361 g/mol. The van der Waals surface area contributed by atoms with Crippen LogP contribution in [0.3, 0.4) is 0 Å². The Labute approximate surface area is 162 Å². The third kappa shape index (κ3) is 5.90. The van der Waals surface area contributed by atoms with Crippen LogP contribution in [-0.4, -0.2) is 29.2 Å². The van der Waals surface area contributed by atoms with E-state index >= 15 is 0 Å². The van der Waals surface area contributed by atoms with Gasteiger partial charge in [-0.1, -0.05) is 47.6 Å². The highest BCUT2D eigenvalue weighted by Crippen LogP contribution is 2.16. The number of carbonyl (C=O) groups is 1. The van der Waals surface area contributed by atoms with Crippen molar-refractivity contribution in [1.29, 1.82) is 0 Å². The van der Waals surface area contributed by atoms with Crippen LogP contribution in [0.5, 0.6) is 5.75 Å². The molecule has 0 aliphatic heterocycles. The summed E-state index contributed by atoms with van der Waals surface area (Å²) < 4.78 is 24.0. The molecule has 0 saturated carbocycles. The molecule has 3 aromatic rings. The lowest BCUT2D eigenvalue weighted by Gasteiger charge is -2.07. The molecule has 7 heteroatoms. The Balaban J connectivity index is 1.29. The SMILES string of the molecule is O=C(CCCc1nc(-c2ccccc2)no1)NCCCOc1ccccc1F. The van der Waals surface area contributed by atoms with Gasteiger partial charge >= 0.3 is 0 Å². The van der Waals surface area contributed by atoms with Crippen molar-refractivity contribution in [3.8, 4) is 17.1 Å². The smallest absolute Gasteiger partial charge is 0.226 e. The monoisotopic (exact) mass is 383 g/mol. The number of para-hydroxylation sites is 1. The molecule has 0 fully saturated rings. The van der Waals surface area contributed by atoms with Crippen molar-refractivity contribution >= 4 is 5.91 Å². The first kappa shape index (κ1) is 19.5. The van der Waals surface area contributed by atoms with Crippen LogP contribution in [0.15, 0.2) is 59.1 Å². The summed E-state index contributed by atoms with van der Waals surface area (Å²) in [7, 11) is 0. The number of nitrogens with zero attached hydrogens (tertiary/aromatic N) is 2.